The van der Waals surface area contributed by atoms with Crippen LogP contribution in [0, 0.1) is 13.8 Å². The molecule has 0 saturated carbocycles. The molecule has 2 aliphatic rings. The summed E-state index contributed by atoms with van der Waals surface area (Å²) in [5, 5.41) is 4.70. The Kier molecular flexibility index (Phi) is 4.16. The third-order valence-electron chi connectivity index (χ3n) is 5.90. The molecule has 3 atom stereocenters. The lowest BCUT2D eigenvalue weighted by molar-refractivity contribution is 0.164. The first-order chi connectivity index (χ1) is 13.7. The fourth-order valence-electron chi connectivity index (χ4n) is 4.36. The number of ether oxygens (including phenoxy) is 1. The molecule has 0 aromatic heterocycles. The molecule has 0 amide bonds. The summed E-state index contributed by atoms with van der Waals surface area (Å²) in [6, 6.07) is 25.9. The average Bonchev–Trinajstić information content (AvgIpc) is 2.96. The second-order valence-corrected chi connectivity index (χ2v) is 7.89. The van der Waals surface area contributed by atoms with Gasteiger partial charge in [0.15, 0.2) is 0 Å². The summed E-state index contributed by atoms with van der Waals surface area (Å²) in [5.41, 5.74) is 11.0. The van der Waals surface area contributed by atoms with Gasteiger partial charge in [0.25, 0.3) is 0 Å². The first-order valence-corrected chi connectivity index (χ1v) is 9.90. The molecule has 1 aliphatic heterocycles. The average molecular weight is 368 g/mol. The zero-order chi connectivity index (χ0) is 19.1. The molecule has 5 rings (SSSR count). The van der Waals surface area contributed by atoms with Crippen LogP contribution in [0.5, 0.6) is 0 Å². The third-order valence-corrected chi connectivity index (χ3v) is 5.90. The molecule has 28 heavy (non-hydrogen) atoms. The molecule has 1 N–H and O–H groups in total. The SMILES string of the molecule is Cc1ccc(C2=NNC(c3ccc(C)cc3)C3c4ccccc4CC3O2)cc1. The molecule has 140 valence electrons. The molecule has 1 heterocycles. The van der Waals surface area contributed by atoms with Gasteiger partial charge >= 0.3 is 0 Å². The van der Waals surface area contributed by atoms with Crippen LogP contribution in [0.25, 0.3) is 0 Å². The van der Waals surface area contributed by atoms with Gasteiger partial charge in [-0.3, -0.25) is 5.43 Å². The van der Waals surface area contributed by atoms with Crippen LogP contribution in [-0.4, -0.2) is 12.0 Å². The lowest BCUT2D eigenvalue weighted by Gasteiger charge is -2.26. The number of hydrogen-bond acceptors (Lipinski definition) is 3. The highest BCUT2D eigenvalue weighted by Gasteiger charge is 2.42. The van der Waals surface area contributed by atoms with Gasteiger partial charge in [0, 0.05) is 17.9 Å². The van der Waals surface area contributed by atoms with Gasteiger partial charge < -0.3 is 4.74 Å². The van der Waals surface area contributed by atoms with E-state index >= 15 is 0 Å². The summed E-state index contributed by atoms with van der Waals surface area (Å²) >= 11 is 0. The highest BCUT2D eigenvalue weighted by atomic mass is 16.5. The van der Waals surface area contributed by atoms with Crippen LogP contribution in [-0.2, 0) is 11.2 Å². The summed E-state index contributed by atoms with van der Waals surface area (Å²) in [6.07, 6.45) is 0.981. The number of nitrogens with one attached hydrogen (secondary N) is 1. The molecule has 0 spiro atoms. The fraction of sp³-hybridized carbons (Fsp3) is 0.240. The minimum absolute atomic E-state index is 0.0683. The molecule has 3 unspecified atom stereocenters. The lowest BCUT2D eigenvalue weighted by atomic mass is 9.87. The Morgan fingerprint density at radius 1 is 0.857 bits per heavy atom. The summed E-state index contributed by atoms with van der Waals surface area (Å²) in [6.45, 7) is 4.21. The van der Waals surface area contributed by atoms with Crippen molar-refractivity contribution in [1.82, 2.24) is 5.43 Å². The van der Waals surface area contributed by atoms with Crippen molar-refractivity contribution in [3.63, 3.8) is 0 Å². The molecule has 0 saturated heterocycles. The Bertz CT molecular complexity index is 1020. The molecular formula is C25H24N2O. The zero-order valence-electron chi connectivity index (χ0n) is 16.2. The minimum atomic E-state index is 0.0683. The predicted octanol–water partition coefficient (Wildman–Crippen LogP) is 5.03. The first kappa shape index (κ1) is 17.1. The van der Waals surface area contributed by atoms with Crippen molar-refractivity contribution in [2.75, 3.05) is 0 Å². The summed E-state index contributed by atoms with van der Waals surface area (Å²) in [4.78, 5) is 0. The topological polar surface area (TPSA) is 33.6 Å². The van der Waals surface area contributed by atoms with E-state index in [1.54, 1.807) is 0 Å². The van der Waals surface area contributed by atoms with Crippen LogP contribution in [0.3, 0.4) is 0 Å². The molecule has 3 aromatic carbocycles. The maximum atomic E-state index is 6.51. The summed E-state index contributed by atoms with van der Waals surface area (Å²) in [5.74, 6) is 0.906. The molecule has 0 fully saturated rings. The van der Waals surface area contributed by atoms with Gasteiger partial charge in [0.05, 0.1) is 6.04 Å². The van der Waals surface area contributed by atoms with Crippen molar-refractivity contribution >= 4 is 5.90 Å². The van der Waals surface area contributed by atoms with Crippen LogP contribution in [0.4, 0.5) is 0 Å². The number of rotatable bonds is 2. The number of nitrogens with zero attached hydrogens (tertiary/aromatic N) is 1. The van der Waals surface area contributed by atoms with Crippen molar-refractivity contribution in [1.29, 1.82) is 0 Å². The molecule has 3 aromatic rings. The van der Waals surface area contributed by atoms with E-state index in [1.807, 2.05) is 0 Å². The second-order valence-electron chi connectivity index (χ2n) is 7.89. The Morgan fingerprint density at radius 2 is 1.54 bits per heavy atom. The van der Waals surface area contributed by atoms with Gasteiger partial charge in [0.2, 0.25) is 5.90 Å². The van der Waals surface area contributed by atoms with Crippen LogP contribution >= 0.6 is 0 Å². The van der Waals surface area contributed by atoms with Crippen LogP contribution in [0.15, 0.2) is 77.9 Å². The largest absolute Gasteiger partial charge is 0.472 e. The maximum absolute atomic E-state index is 6.51. The van der Waals surface area contributed by atoms with Crippen molar-refractivity contribution in [2.24, 2.45) is 5.10 Å². The Morgan fingerprint density at radius 3 is 2.29 bits per heavy atom. The van der Waals surface area contributed by atoms with Crippen molar-refractivity contribution in [3.8, 4) is 0 Å². The Balaban J connectivity index is 1.58. The highest BCUT2D eigenvalue weighted by molar-refractivity contribution is 5.94. The molecule has 0 bridgehead atoms. The summed E-state index contributed by atoms with van der Waals surface area (Å²) in [7, 11) is 0. The van der Waals surface area contributed by atoms with E-state index in [1.165, 1.54) is 27.8 Å². The smallest absolute Gasteiger partial charge is 0.238 e. The number of hydrazone groups is 1. The fourth-order valence-corrected chi connectivity index (χ4v) is 4.36. The van der Waals surface area contributed by atoms with Crippen molar-refractivity contribution in [2.45, 2.75) is 38.3 Å². The second kappa shape index (κ2) is 6.83. The van der Waals surface area contributed by atoms with Crippen molar-refractivity contribution in [3.05, 3.63) is 106 Å². The number of aryl methyl sites for hydroxylation is 2. The lowest BCUT2D eigenvalue weighted by Crippen LogP contribution is -2.28. The van der Waals surface area contributed by atoms with E-state index in [4.69, 9.17) is 9.84 Å². The van der Waals surface area contributed by atoms with E-state index in [0.29, 0.717) is 5.90 Å². The van der Waals surface area contributed by atoms with Gasteiger partial charge in [-0.25, -0.2) is 0 Å². The van der Waals surface area contributed by atoms with Crippen LogP contribution < -0.4 is 5.43 Å². The number of fused-ring (bicyclic) bond motifs is 3. The van der Waals surface area contributed by atoms with Crippen LogP contribution in [0.2, 0.25) is 0 Å². The van der Waals surface area contributed by atoms with E-state index in [-0.39, 0.29) is 18.1 Å². The van der Waals surface area contributed by atoms with Crippen molar-refractivity contribution < 1.29 is 4.74 Å². The Labute approximate surface area is 166 Å². The quantitative estimate of drug-likeness (QED) is 0.688. The van der Waals surface area contributed by atoms with Gasteiger partial charge in [-0.1, -0.05) is 71.8 Å². The normalized spacial score (nSPS) is 22.9. The standard InChI is InChI=1S/C25H24N2O/c1-16-7-11-18(12-8-16)24-23-21-6-4-3-5-20(21)15-22(23)28-25(27-26-24)19-13-9-17(2)10-14-19/h3-14,22-24,26H,15H2,1-2H3. The van der Waals surface area contributed by atoms with E-state index in [2.05, 4.69) is 92.1 Å². The maximum Gasteiger partial charge on any atom is 0.238 e. The van der Waals surface area contributed by atoms with Crippen LogP contribution in [0.1, 0.15) is 45.3 Å². The van der Waals surface area contributed by atoms with Gasteiger partial charge in [-0.2, -0.15) is 0 Å². The van der Waals surface area contributed by atoms with E-state index in [0.717, 1.165) is 12.0 Å². The monoisotopic (exact) mass is 368 g/mol. The van der Waals surface area contributed by atoms with Gasteiger partial charge in [-0.05, 0) is 42.7 Å². The Hall–Kier alpha value is -3.07. The molecular weight excluding hydrogens is 344 g/mol. The van der Waals surface area contributed by atoms with E-state index < -0.39 is 0 Å². The first-order valence-electron chi connectivity index (χ1n) is 9.90. The number of benzene rings is 3. The van der Waals surface area contributed by atoms with Gasteiger partial charge in [-0.15, -0.1) is 5.10 Å². The third kappa shape index (κ3) is 2.97. The van der Waals surface area contributed by atoms with E-state index in [9.17, 15) is 0 Å². The summed E-state index contributed by atoms with van der Waals surface area (Å²) < 4.78 is 6.51. The minimum Gasteiger partial charge on any atom is -0.472 e. The number of hydrogen-bond donors (Lipinski definition) is 1. The predicted molar refractivity (Wildman–Crippen MR) is 113 cm³/mol. The zero-order valence-corrected chi connectivity index (χ0v) is 16.2. The highest BCUT2D eigenvalue weighted by Crippen LogP contribution is 2.44. The molecule has 3 nitrogen and oxygen atoms in total. The molecule has 3 heteroatoms. The molecule has 1 aliphatic carbocycles. The molecule has 0 radical (unpaired) electrons. The van der Waals surface area contributed by atoms with Gasteiger partial charge in [0.1, 0.15) is 6.10 Å².